The van der Waals surface area contributed by atoms with Gasteiger partial charge in [-0.2, -0.15) is 15.0 Å². The normalized spacial score (nSPS) is 10.9. The Balaban J connectivity index is 2.09. The van der Waals surface area contributed by atoms with E-state index in [1.165, 1.54) is 5.56 Å². The number of nitrogens with zero attached hydrogens (tertiary/aromatic N) is 4. The zero-order chi connectivity index (χ0) is 16.8. The highest BCUT2D eigenvalue weighted by Crippen LogP contribution is 2.15. The lowest BCUT2D eigenvalue weighted by Gasteiger charge is -2.14. The van der Waals surface area contributed by atoms with Crippen molar-refractivity contribution in [2.45, 2.75) is 32.9 Å². The maximum Gasteiger partial charge on any atom is 0.229 e. The predicted octanol–water partition coefficient (Wildman–Crippen LogP) is 2.82. The molecule has 1 aromatic carbocycles. The lowest BCUT2D eigenvalue weighted by atomic mass is 10.1. The van der Waals surface area contributed by atoms with Crippen LogP contribution >= 0.6 is 0 Å². The van der Waals surface area contributed by atoms with Gasteiger partial charge in [0.05, 0.1) is 6.61 Å². The third-order valence-electron chi connectivity index (χ3n) is 3.34. The number of hydrogen-bond acceptors (Lipinski definition) is 6. The Labute approximate surface area is 137 Å². The number of benzene rings is 1. The van der Waals surface area contributed by atoms with E-state index in [1.807, 2.05) is 19.0 Å². The molecular formula is C17H25N5O. The molecule has 2 aromatic rings. The Kier molecular flexibility index (Phi) is 5.87. The van der Waals surface area contributed by atoms with E-state index in [9.17, 15) is 0 Å². The van der Waals surface area contributed by atoms with E-state index < -0.39 is 0 Å². The van der Waals surface area contributed by atoms with E-state index in [-0.39, 0.29) is 5.92 Å². The average Bonchev–Trinajstić information content (AvgIpc) is 2.54. The summed E-state index contributed by atoms with van der Waals surface area (Å²) in [7, 11) is 5.56. The van der Waals surface area contributed by atoms with Crippen molar-refractivity contribution in [1.29, 1.82) is 0 Å². The van der Waals surface area contributed by atoms with Gasteiger partial charge >= 0.3 is 0 Å². The van der Waals surface area contributed by atoms with Crippen molar-refractivity contribution in [3.05, 3.63) is 41.2 Å². The van der Waals surface area contributed by atoms with Gasteiger partial charge in [-0.05, 0) is 11.1 Å². The first-order chi connectivity index (χ1) is 11.0. The zero-order valence-electron chi connectivity index (χ0n) is 14.5. The Morgan fingerprint density at radius 1 is 1.04 bits per heavy atom. The van der Waals surface area contributed by atoms with Crippen molar-refractivity contribution >= 4 is 11.9 Å². The van der Waals surface area contributed by atoms with Gasteiger partial charge in [0.2, 0.25) is 11.9 Å². The summed E-state index contributed by atoms with van der Waals surface area (Å²) in [5.41, 5.74) is 2.33. The fraction of sp³-hybridized carbons (Fsp3) is 0.471. The SMILES string of the molecule is COCc1ccc(CNc2nc(C(C)C)nc(N(C)C)n2)cc1. The topological polar surface area (TPSA) is 63.2 Å². The Bertz CT molecular complexity index is 599. The summed E-state index contributed by atoms with van der Waals surface area (Å²) in [4.78, 5) is 15.3. The Morgan fingerprint density at radius 2 is 1.70 bits per heavy atom. The van der Waals surface area contributed by atoms with E-state index in [2.05, 4.69) is 58.4 Å². The lowest BCUT2D eigenvalue weighted by molar-refractivity contribution is 0.185. The van der Waals surface area contributed by atoms with Gasteiger partial charge in [0.1, 0.15) is 5.82 Å². The van der Waals surface area contributed by atoms with Crippen LogP contribution in [-0.2, 0) is 17.9 Å². The third kappa shape index (κ3) is 4.89. The predicted molar refractivity (Wildman–Crippen MR) is 92.7 cm³/mol. The second-order valence-corrected chi connectivity index (χ2v) is 5.97. The van der Waals surface area contributed by atoms with E-state index in [0.717, 1.165) is 11.4 Å². The maximum absolute atomic E-state index is 5.12. The molecule has 0 unspecified atom stereocenters. The number of aromatic nitrogens is 3. The molecule has 1 aromatic heterocycles. The molecular weight excluding hydrogens is 290 g/mol. The van der Waals surface area contributed by atoms with Crippen LogP contribution in [0, 0.1) is 0 Å². The number of ether oxygens (including phenoxy) is 1. The molecule has 6 heteroatoms. The monoisotopic (exact) mass is 315 g/mol. The van der Waals surface area contributed by atoms with Crippen molar-refractivity contribution in [3.63, 3.8) is 0 Å². The summed E-state index contributed by atoms with van der Waals surface area (Å²) in [5.74, 6) is 2.32. The molecule has 0 amide bonds. The molecule has 0 spiro atoms. The van der Waals surface area contributed by atoms with Crippen LogP contribution in [0.15, 0.2) is 24.3 Å². The first-order valence-electron chi connectivity index (χ1n) is 7.73. The van der Waals surface area contributed by atoms with Gasteiger partial charge in [0.25, 0.3) is 0 Å². The Morgan fingerprint density at radius 3 is 2.26 bits per heavy atom. The van der Waals surface area contributed by atoms with Gasteiger partial charge < -0.3 is 15.0 Å². The minimum absolute atomic E-state index is 0.255. The quantitative estimate of drug-likeness (QED) is 0.847. The molecule has 23 heavy (non-hydrogen) atoms. The molecule has 0 atom stereocenters. The van der Waals surface area contributed by atoms with Gasteiger partial charge in [-0.3, -0.25) is 0 Å². The number of anilines is 2. The van der Waals surface area contributed by atoms with Crippen LogP contribution in [0.3, 0.4) is 0 Å². The van der Waals surface area contributed by atoms with E-state index in [0.29, 0.717) is 25.0 Å². The number of methoxy groups -OCH3 is 1. The van der Waals surface area contributed by atoms with E-state index >= 15 is 0 Å². The fourth-order valence-corrected chi connectivity index (χ4v) is 2.02. The van der Waals surface area contributed by atoms with Crippen molar-refractivity contribution in [2.75, 3.05) is 31.4 Å². The summed E-state index contributed by atoms with van der Waals surface area (Å²) in [6.07, 6.45) is 0. The number of nitrogens with one attached hydrogen (secondary N) is 1. The third-order valence-corrected chi connectivity index (χ3v) is 3.34. The standard InChI is InChI=1S/C17H25N5O/c1-12(2)15-19-16(21-17(20-15)22(3)4)18-10-13-6-8-14(9-7-13)11-23-5/h6-9,12H,10-11H2,1-5H3,(H,18,19,20,21). The fourth-order valence-electron chi connectivity index (χ4n) is 2.02. The van der Waals surface area contributed by atoms with Crippen LogP contribution in [0.2, 0.25) is 0 Å². The minimum Gasteiger partial charge on any atom is -0.380 e. The summed E-state index contributed by atoms with van der Waals surface area (Å²) in [6.45, 7) is 5.45. The molecule has 1 heterocycles. The molecule has 6 nitrogen and oxygen atoms in total. The number of hydrogen-bond donors (Lipinski definition) is 1. The first-order valence-corrected chi connectivity index (χ1v) is 7.73. The maximum atomic E-state index is 5.12. The highest BCUT2D eigenvalue weighted by Gasteiger charge is 2.10. The molecule has 2 rings (SSSR count). The first kappa shape index (κ1) is 17.1. The van der Waals surface area contributed by atoms with Crippen LogP contribution in [0.4, 0.5) is 11.9 Å². The second kappa shape index (κ2) is 7.87. The van der Waals surface area contributed by atoms with Crippen molar-refractivity contribution in [3.8, 4) is 0 Å². The summed E-state index contributed by atoms with van der Waals surface area (Å²) < 4.78 is 5.12. The van der Waals surface area contributed by atoms with E-state index in [1.54, 1.807) is 7.11 Å². The smallest absolute Gasteiger partial charge is 0.229 e. The molecule has 0 aliphatic rings. The lowest BCUT2D eigenvalue weighted by Crippen LogP contribution is -2.17. The second-order valence-electron chi connectivity index (χ2n) is 5.97. The molecule has 0 fully saturated rings. The van der Waals surface area contributed by atoms with Gasteiger partial charge in [-0.1, -0.05) is 38.1 Å². The van der Waals surface area contributed by atoms with E-state index in [4.69, 9.17) is 4.74 Å². The van der Waals surface area contributed by atoms with Crippen LogP contribution < -0.4 is 10.2 Å². The van der Waals surface area contributed by atoms with Gasteiger partial charge in [-0.15, -0.1) is 0 Å². The average molecular weight is 315 g/mol. The molecule has 0 aliphatic carbocycles. The molecule has 0 radical (unpaired) electrons. The summed E-state index contributed by atoms with van der Waals surface area (Å²) in [5, 5.41) is 3.28. The summed E-state index contributed by atoms with van der Waals surface area (Å²) in [6, 6.07) is 8.30. The largest absolute Gasteiger partial charge is 0.380 e. The molecule has 0 saturated carbocycles. The van der Waals surface area contributed by atoms with Gasteiger partial charge in [0, 0.05) is 33.7 Å². The van der Waals surface area contributed by atoms with Crippen molar-refractivity contribution in [1.82, 2.24) is 15.0 Å². The number of rotatable bonds is 7. The molecule has 124 valence electrons. The molecule has 0 saturated heterocycles. The van der Waals surface area contributed by atoms with Crippen LogP contribution in [0.25, 0.3) is 0 Å². The Hall–Kier alpha value is -2.21. The minimum atomic E-state index is 0.255. The van der Waals surface area contributed by atoms with Crippen molar-refractivity contribution in [2.24, 2.45) is 0 Å². The molecule has 1 N–H and O–H groups in total. The van der Waals surface area contributed by atoms with Gasteiger partial charge in [0.15, 0.2) is 0 Å². The van der Waals surface area contributed by atoms with Crippen LogP contribution in [0.5, 0.6) is 0 Å². The van der Waals surface area contributed by atoms with Crippen molar-refractivity contribution < 1.29 is 4.74 Å². The highest BCUT2D eigenvalue weighted by molar-refractivity contribution is 5.37. The molecule has 0 aliphatic heterocycles. The van der Waals surface area contributed by atoms with Crippen LogP contribution in [-0.4, -0.2) is 36.2 Å². The molecule has 0 bridgehead atoms. The summed E-state index contributed by atoms with van der Waals surface area (Å²) >= 11 is 0. The highest BCUT2D eigenvalue weighted by atomic mass is 16.5. The zero-order valence-corrected chi connectivity index (χ0v) is 14.5. The van der Waals surface area contributed by atoms with Gasteiger partial charge in [-0.25, -0.2) is 0 Å². The van der Waals surface area contributed by atoms with Crippen LogP contribution in [0.1, 0.15) is 36.7 Å².